The number of anilines is 1. The lowest BCUT2D eigenvalue weighted by Gasteiger charge is -2.05. The molecule has 17 heavy (non-hydrogen) atoms. The summed E-state index contributed by atoms with van der Waals surface area (Å²) in [6, 6.07) is 4.51. The Kier molecular flexibility index (Phi) is 4.45. The number of hydrogen-bond acceptors (Lipinski definition) is 5. The van der Waals surface area contributed by atoms with Gasteiger partial charge >= 0.3 is 5.97 Å². The fourth-order valence-corrected chi connectivity index (χ4v) is 1.83. The van der Waals surface area contributed by atoms with Crippen molar-refractivity contribution in [2.24, 2.45) is 0 Å². The molecular formula is C10H14N2O4S. The van der Waals surface area contributed by atoms with Gasteiger partial charge in [0.15, 0.2) is 15.5 Å². The summed E-state index contributed by atoms with van der Waals surface area (Å²) in [7, 11) is -3.02. The zero-order valence-electron chi connectivity index (χ0n) is 9.38. The summed E-state index contributed by atoms with van der Waals surface area (Å²) < 4.78 is 22.4. The van der Waals surface area contributed by atoms with Crippen LogP contribution in [0.25, 0.3) is 0 Å². The highest BCUT2D eigenvalue weighted by Gasteiger charge is 2.08. The Morgan fingerprint density at radius 1 is 1.47 bits per heavy atom. The number of hydrogen-bond donors (Lipinski definition) is 2. The Morgan fingerprint density at radius 2 is 2.18 bits per heavy atom. The van der Waals surface area contributed by atoms with E-state index in [1.807, 2.05) is 0 Å². The minimum atomic E-state index is -3.02. The highest BCUT2D eigenvalue weighted by Crippen LogP contribution is 2.04. The highest BCUT2D eigenvalue weighted by molar-refractivity contribution is 7.91. The molecule has 0 saturated heterocycles. The smallest absolute Gasteiger partial charge is 0.354 e. The van der Waals surface area contributed by atoms with Crippen molar-refractivity contribution in [1.82, 2.24) is 4.98 Å². The van der Waals surface area contributed by atoms with Crippen molar-refractivity contribution in [3.63, 3.8) is 0 Å². The van der Waals surface area contributed by atoms with Crippen LogP contribution in [0.2, 0.25) is 0 Å². The predicted molar refractivity (Wildman–Crippen MR) is 64.0 cm³/mol. The molecule has 0 aliphatic carbocycles. The molecule has 7 heteroatoms. The quantitative estimate of drug-likeness (QED) is 0.776. The van der Waals surface area contributed by atoms with Crippen LogP contribution in [0.5, 0.6) is 0 Å². The Labute approximate surface area is 99.6 Å². The van der Waals surface area contributed by atoms with Crippen LogP contribution >= 0.6 is 0 Å². The zero-order valence-corrected chi connectivity index (χ0v) is 10.2. The van der Waals surface area contributed by atoms with E-state index >= 15 is 0 Å². The van der Waals surface area contributed by atoms with Crippen LogP contribution < -0.4 is 5.32 Å². The van der Waals surface area contributed by atoms with Gasteiger partial charge in [0.2, 0.25) is 0 Å². The first kappa shape index (κ1) is 13.4. The van der Waals surface area contributed by atoms with Crippen molar-refractivity contribution in [3.8, 4) is 0 Å². The molecule has 1 rings (SSSR count). The molecule has 0 bridgehead atoms. The Bertz CT molecular complexity index is 499. The van der Waals surface area contributed by atoms with Gasteiger partial charge in [0.1, 0.15) is 5.82 Å². The Morgan fingerprint density at radius 3 is 2.76 bits per heavy atom. The molecule has 94 valence electrons. The second-order valence-electron chi connectivity index (χ2n) is 3.38. The van der Waals surface area contributed by atoms with Gasteiger partial charge in [-0.1, -0.05) is 13.0 Å². The van der Waals surface area contributed by atoms with Crippen LogP contribution in [0.1, 0.15) is 17.4 Å². The Balaban J connectivity index is 2.58. The molecule has 2 N–H and O–H groups in total. The van der Waals surface area contributed by atoms with Crippen molar-refractivity contribution in [2.75, 3.05) is 23.4 Å². The highest BCUT2D eigenvalue weighted by atomic mass is 32.2. The summed E-state index contributed by atoms with van der Waals surface area (Å²) in [6.45, 7) is 1.80. The fraction of sp³-hybridized carbons (Fsp3) is 0.400. The molecular weight excluding hydrogens is 244 g/mol. The lowest BCUT2D eigenvalue weighted by molar-refractivity contribution is 0.0690. The summed E-state index contributed by atoms with van der Waals surface area (Å²) in [4.78, 5) is 14.5. The van der Waals surface area contributed by atoms with Crippen molar-refractivity contribution < 1.29 is 18.3 Å². The first-order valence-corrected chi connectivity index (χ1v) is 6.91. The average Bonchev–Trinajstić information content (AvgIpc) is 2.29. The van der Waals surface area contributed by atoms with Gasteiger partial charge in [-0.15, -0.1) is 0 Å². The van der Waals surface area contributed by atoms with E-state index in [1.54, 1.807) is 19.1 Å². The molecule has 0 saturated carbocycles. The zero-order chi connectivity index (χ0) is 12.9. The minimum Gasteiger partial charge on any atom is -0.477 e. The third kappa shape index (κ3) is 4.39. The lowest BCUT2D eigenvalue weighted by atomic mass is 10.3. The minimum absolute atomic E-state index is 0.00246. The van der Waals surface area contributed by atoms with Crippen molar-refractivity contribution in [2.45, 2.75) is 6.92 Å². The summed E-state index contributed by atoms with van der Waals surface area (Å²) in [5, 5.41) is 11.5. The van der Waals surface area contributed by atoms with Crippen molar-refractivity contribution in [1.29, 1.82) is 0 Å². The summed E-state index contributed by atoms with van der Waals surface area (Å²) in [5.74, 6) is -0.661. The van der Waals surface area contributed by atoms with Crippen LogP contribution in [0.3, 0.4) is 0 Å². The van der Waals surface area contributed by atoms with E-state index in [9.17, 15) is 13.2 Å². The number of aromatic carboxylic acids is 1. The normalized spacial score (nSPS) is 11.1. The standard InChI is InChI=1S/C10H14N2O4S/c1-2-17(15,16)7-6-11-9-5-3-4-8(12-9)10(13)14/h3-5H,2,6-7H2,1H3,(H,11,12)(H,13,14). The molecule has 1 heterocycles. The van der Waals surface area contributed by atoms with Crippen LogP contribution in [0, 0.1) is 0 Å². The first-order chi connectivity index (χ1) is 7.94. The second kappa shape index (κ2) is 5.62. The number of carbonyl (C=O) groups is 1. The summed E-state index contributed by atoms with van der Waals surface area (Å²) in [6.07, 6.45) is 0. The molecule has 0 atom stereocenters. The lowest BCUT2D eigenvalue weighted by Crippen LogP contribution is -2.18. The number of pyridine rings is 1. The van der Waals surface area contributed by atoms with Crippen LogP contribution in [0.4, 0.5) is 5.82 Å². The van der Waals surface area contributed by atoms with E-state index in [-0.39, 0.29) is 23.7 Å². The first-order valence-electron chi connectivity index (χ1n) is 5.09. The molecule has 0 spiro atoms. The molecule has 0 unspecified atom stereocenters. The molecule has 0 aromatic carbocycles. The third-order valence-electron chi connectivity index (χ3n) is 2.13. The number of carboxylic acid groups (broad SMARTS) is 1. The molecule has 1 aromatic rings. The fourth-order valence-electron chi connectivity index (χ4n) is 1.13. The van der Waals surface area contributed by atoms with E-state index in [2.05, 4.69) is 10.3 Å². The van der Waals surface area contributed by atoms with Crippen LogP contribution in [-0.2, 0) is 9.84 Å². The SMILES string of the molecule is CCS(=O)(=O)CCNc1cccc(C(=O)O)n1. The van der Waals surface area contributed by atoms with Gasteiger partial charge in [-0.3, -0.25) is 0 Å². The maximum absolute atomic E-state index is 11.2. The maximum Gasteiger partial charge on any atom is 0.354 e. The molecule has 1 aromatic heterocycles. The van der Waals surface area contributed by atoms with Gasteiger partial charge < -0.3 is 10.4 Å². The number of sulfone groups is 1. The monoisotopic (exact) mass is 258 g/mol. The van der Waals surface area contributed by atoms with Crippen LogP contribution in [-0.4, -0.2) is 42.5 Å². The number of nitrogens with zero attached hydrogens (tertiary/aromatic N) is 1. The number of nitrogens with one attached hydrogen (secondary N) is 1. The van der Waals surface area contributed by atoms with Gasteiger partial charge in [-0.2, -0.15) is 0 Å². The molecule has 6 nitrogen and oxygen atoms in total. The number of aromatic nitrogens is 1. The van der Waals surface area contributed by atoms with E-state index in [0.717, 1.165) is 0 Å². The summed E-state index contributed by atoms with van der Waals surface area (Å²) in [5.41, 5.74) is -0.0756. The molecule has 0 radical (unpaired) electrons. The van der Waals surface area contributed by atoms with E-state index < -0.39 is 15.8 Å². The average molecular weight is 258 g/mol. The van der Waals surface area contributed by atoms with E-state index in [1.165, 1.54) is 6.07 Å². The van der Waals surface area contributed by atoms with E-state index in [0.29, 0.717) is 5.82 Å². The molecule has 0 fully saturated rings. The summed E-state index contributed by atoms with van der Waals surface area (Å²) >= 11 is 0. The molecule has 0 aliphatic rings. The van der Waals surface area contributed by atoms with Crippen molar-refractivity contribution >= 4 is 21.6 Å². The van der Waals surface area contributed by atoms with Crippen LogP contribution in [0.15, 0.2) is 18.2 Å². The molecule has 0 amide bonds. The second-order valence-corrected chi connectivity index (χ2v) is 5.85. The van der Waals surface area contributed by atoms with Gasteiger partial charge in [-0.05, 0) is 12.1 Å². The number of rotatable bonds is 6. The largest absolute Gasteiger partial charge is 0.477 e. The molecule has 0 aliphatic heterocycles. The van der Waals surface area contributed by atoms with Gasteiger partial charge in [-0.25, -0.2) is 18.2 Å². The third-order valence-corrected chi connectivity index (χ3v) is 3.83. The van der Waals surface area contributed by atoms with E-state index in [4.69, 9.17) is 5.11 Å². The van der Waals surface area contributed by atoms with Crippen molar-refractivity contribution in [3.05, 3.63) is 23.9 Å². The predicted octanol–water partition coefficient (Wildman–Crippen LogP) is 0.626. The van der Waals surface area contributed by atoms with Gasteiger partial charge in [0, 0.05) is 12.3 Å². The van der Waals surface area contributed by atoms with Gasteiger partial charge in [0.05, 0.1) is 5.75 Å². The van der Waals surface area contributed by atoms with Gasteiger partial charge in [0.25, 0.3) is 0 Å². The topological polar surface area (TPSA) is 96.4 Å². The maximum atomic E-state index is 11.2. The number of carboxylic acids is 1. The Hall–Kier alpha value is -1.63.